The molecule has 0 fully saturated rings. The standard InChI is InChI=1S/C20H21N5O4/c1-3-28-17(26)10-16-24-25-19(29-16)15-11-21-20(23-18(15)27-2)22-14-8-12-6-4-5-7-13(12)9-14/h4-7,11,14H,3,8-10H2,1-2H3,(H,21,22,23). The number of esters is 1. The van der Waals surface area contributed by atoms with Gasteiger partial charge < -0.3 is 19.2 Å². The van der Waals surface area contributed by atoms with Crippen LogP contribution in [0.5, 0.6) is 5.88 Å². The van der Waals surface area contributed by atoms with Crippen LogP contribution >= 0.6 is 0 Å². The molecule has 0 amide bonds. The van der Waals surface area contributed by atoms with Crippen LogP contribution in [0.2, 0.25) is 0 Å². The Morgan fingerprint density at radius 1 is 1.24 bits per heavy atom. The molecule has 0 saturated carbocycles. The van der Waals surface area contributed by atoms with Crippen LogP contribution in [0.3, 0.4) is 0 Å². The van der Waals surface area contributed by atoms with Crippen molar-refractivity contribution in [3.05, 3.63) is 47.5 Å². The van der Waals surface area contributed by atoms with Crippen molar-refractivity contribution in [1.29, 1.82) is 0 Å². The number of carbonyl (C=O) groups excluding carboxylic acids is 1. The van der Waals surface area contributed by atoms with E-state index in [1.54, 1.807) is 13.1 Å². The molecule has 29 heavy (non-hydrogen) atoms. The summed E-state index contributed by atoms with van der Waals surface area (Å²) in [5.74, 6) is 0.689. The van der Waals surface area contributed by atoms with Crippen molar-refractivity contribution in [3.63, 3.8) is 0 Å². The van der Waals surface area contributed by atoms with Gasteiger partial charge in [0.1, 0.15) is 12.0 Å². The Balaban J connectivity index is 1.48. The predicted octanol–water partition coefficient (Wildman–Crippen LogP) is 2.22. The van der Waals surface area contributed by atoms with Crippen LogP contribution in [0.25, 0.3) is 11.5 Å². The highest BCUT2D eigenvalue weighted by molar-refractivity contribution is 5.71. The zero-order valence-electron chi connectivity index (χ0n) is 16.2. The van der Waals surface area contributed by atoms with Gasteiger partial charge in [-0.05, 0) is 30.9 Å². The van der Waals surface area contributed by atoms with E-state index in [0.717, 1.165) is 12.8 Å². The molecule has 2 aromatic heterocycles. The van der Waals surface area contributed by atoms with Gasteiger partial charge in [0.2, 0.25) is 17.7 Å². The molecular weight excluding hydrogens is 374 g/mol. The highest BCUT2D eigenvalue weighted by atomic mass is 16.5. The van der Waals surface area contributed by atoms with Crippen molar-refractivity contribution in [1.82, 2.24) is 20.2 Å². The Morgan fingerprint density at radius 3 is 2.69 bits per heavy atom. The van der Waals surface area contributed by atoms with E-state index in [4.69, 9.17) is 13.9 Å². The molecule has 0 bridgehead atoms. The summed E-state index contributed by atoms with van der Waals surface area (Å²) in [6.45, 7) is 2.03. The summed E-state index contributed by atoms with van der Waals surface area (Å²) in [7, 11) is 1.51. The van der Waals surface area contributed by atoms with Crippen LogP contribution in [0.15, 0.2) is 34.9 Å². The SMILES string of the molecule is CCOC(=O)Cc1nnc(-c2cnc(NC3Cc4ccccc4C3)nc2OC)o1. The number of nitrogens with one attached hydrogen (secondary N) is 1. The third-order valence-corrected chi connectivity index (χ3v) is 4.63. The van der Waals surface area contributed by atoms with Gasteiger partial charge in [0.05, 0.1) is 13.7 Å². The first kappa shape index (κ1) is 18.9. The van der Waals surface area contributed by atoms with E-state index in [1.807, 2.05) is 0 Å². The number of carbonyl (C=O) groups is 1. The van der Waals surface area contributed by atoms with Gasteiger partial charge in [0.25, 0.3) is 5.89 Å². The predicted molar refractivity (Wildman–Crippen MR) is 103 cm³/mol. The van der Waals surface area contributed by atoms with Crippen LogP contribution in [-0.4, -0.2) is 45.9 Å². The highest BCUT2D eigenvalue weighted by Gasteiger charge is 2.23. The molecule has 3 aromatic rings. The summed E-state index contributed by atoms with van der Waals surface area (Å²) in [5.41, 5.74) is 3.14. The van der Waals surface area contributed by atoms with Gasteiger partial charge in [-0.1, -0.05) is 24.3 Å². The molecule has 1 aliphatic carbocycles. The van der Waals surface area contributed by atoms with Crippen molar-refractivity contribution >= 4 is 11.9 Å². The first-order chi connectivity index (χ1) is 14.2. The van der Waals surface area contributed by atoms with E-state index >= 15 is 0 Å². The molecule has 2 heterocycles. The van der Waals surface area contributed by atoms with Crippen LogP contribution in [-0.2, 0) is 28.8 Å². The van der Waals surface area contributed by atoms with Gasteiger partial charge in [-0.2, -0.15) is 4.98 Å². The number of rotatable bonds is 7. The fraction of sp³-hybridized carbons (Fsp3) is 0.350. The Bertz CT molecular complexity index is 995. The number of anilines is 1. The Kier molecular flexibility index (Phi) is 5.37. The van der Waals surface area contributed by atoms with Gasteiger partial charge in [-0.15, -0.1) is 10.2 Å². The molecule has 0 aliphatic heterocycles. The third-order valence-electron chi connectivity index (χ3n) is 4.63. The smallest absolute Gasteiger partial charge is 0.315 e. The zero-order chi connectivity index (χ0) is 20.2. The summed E-state index contributed by atoms with van der Waals surface area (Å²) < 4.78 is 15.8. The van der Waals surface area contributed by atoms with Crippen molar-refractivity contribution in [2.45, 2.75) is 32.2 Å². The second-order valence-corrected chi connectivity index (χ2v) is 6.62. The molecule has 9 nitrogen and oxygen atoms in total. The maximum absolute atomic E-state index is 11.6. The molecule has 0 atom stereocenters. The van der Waals surface area contributed by atoms with Gasteiger partial charge in [0, 0.05) is 12.2 Å². The molecule has 9 heteroatoms. The van der Waals surface area contributed by atoms with Gasteiger partial charge in [-0.3, -0.25) is 4.79 Å². The summed E-state index contributed by atoms with van der Waals surface area (Å²) in [6.07, 6.45) is 3.32. The molecule has 0 spiro atoms. The Morgan fingerprint density at radius 2 is 2.00 bits per heavy atom. The van der Waals surface area contributed by atoms with Crippen molar-refractivity contribution < 1.29 is 18.7 Å². The maximum Gasteiger partial charge on any atom is 0.315 e. The van der Waals surface area contributed by atoms with Crippen molar-refractivity contribution in [2.24, 2.45) is 0 Å². The van der Waals surface area contributed by atoms with E-state index in [1.165, 1.54) is 18.2 Å². The lowest BCUT2D eigenvalue weighted by Crippen LogP contribution is -2.21. The monoisotopic (exact) mass is 395 g/mol. The van der Waals surface area contributed by atoms with E-state index in [9.17, 15) is 4.79 Å². The van der Waals surface area contributed by atoms with Crippen molar-refractivity contribution in [2.75, 3.05) is 19.0 Å². The average molecular weight is 395 g/mol. The molecule has 4 rings (SSSR count). The van der Waals surface area contributed by atoms with Crippen LogP contribution in [0.4, 0.5) is 5.95 Å². The van der Waals surface area contributed by atoms with Crippen LogP contribution in [0.1, 0.15) is 23.9 Å². The van der Waals surface area contributed by atoms with Crippen molar-refractivity contribution in [3.8, 4) is 17.3 Å². The van der Waals surface area contributed by atoms with E-state index < -0.39 is 5.97 Å². The molecule has 1 aliphatic rings. The number of aromatic nitrogens is 4. The Hall–Kier alpha value is -3.49. The number of hydrogen-bond donors (Lipinski definition) is 1. The molecule has 0 unspecified atom stereocenters. The number of fused-ring (bicyclic) bond motifs is 1. The van der Waals surface area contributed by atoms with Gasteiger partial charge in [-0.25, -0.2) is 4.98 Å². The fourth-order valence-electron chi connectivity index (χ4n) is 3.35. The lowest BCUT2D eigenvalue weighted by Gasteiger charge is -2.13. The molecule has 0 saturated heterocycles. The quantitative estimate of drug-likeness (QED) is 0.602. The minimum absolute atomic E-state index is 0.0914. The lowest BCUT2D eigenvalue weighted by molar-refractivity contribution is -0.142. The summed E-state index contributed by atoms with van der Waals surface area (Å²) in [6, 6.07) is 8.62. The molecule has 1 N–H and O–H groups in total. The van der Waals surface area contributed by atoms with Crippen LogP contribution < -0.4 is 10.1 Å². The zero-order valence-corrected chi connectivity index (χ0v) is 16.2. The van der Waals surface area contributed by atoms with E-state index in [0.29, 0.717) is 24.0 Å². The molecule has 0 radical (unpaired) electrons. The largest absolute Gasteiger partial charge is 0.480 e. The number of nitrogens with zero attached hydrogens (tertiary/aromatic N) is 4. The van der Waals surface area contributed by atoms with E-state index in [-0.39, 0.29) is 24.2 Å². The van der Waals surface area contributed by atoms with E-state index in [2.05, 4.69) is 49.7 Å². The second-order valence-electron chi connectivity index (χ2n) is 6.62. The first-order valence-electron chi connectivity index (χ1n) is 9.39. The number of methoxy groups -OCH3 is 1. The number of hydrogen-bond acceptors (Lipinski definition) is 9. The first-order valence-corrected chi connectivity index (χ1v) is 9.39. The average Bonchev–Trinajstić information content (AvgIpc) is 3.34. The fourth-order valence-corrected chi connectivity index (χ4v) is 3.35. The second kappa shape index (κ2) is 8.26. The number of ether oxygens (including phenoxy) is 2. The number of benzene rings is 1. The molecule has 1 aromatic carbocycles. The summed E-state index contributed by atoms with van der Waals surface area (Å²) >= 11 is 0. The van der Waals surface area contributed by atoms with Gasteiger partial charge >= 0.3 is 5.97 Å². The minimum Gasteiger partial charge on any atom is -0.480 e. The summed E-state index contributed by atoms with van der Waals surface area (Å²) in [4.78, 5) is 20.4. The van der Waals surface area contributed by atoms with Gasteiger partial charge in [0.15, 0.2) is 0 Å². The third kappa shape index (κ3) is 4.18. The van der Waals surface area contributed by atoms with Crippen LogP contribution in [0, 0.1) is 0 Å². The Labute approximate surface area is 167 Å². The minimum atomic E-state index is -0.428. The maximum atomic E-state index is 11.6. The normalized spacial score (nSPS) is 13.2. The lowest BCUT2D eigenvalue weighted by atomic mass is 10.1. The highest BCUT2D eigenvalue weighted by Crippen LogP contribution is 2.29. The summed E-state index contributed by atoms with van der Waals surface area (Å²) in [5, 5.41) is 11.2. The molecular formula is C20H21N5O4. The topological polar surface area (TPSA) is 112 Å². The molecule has 150 valence electrons.